The van der Waals surface area contributed by atoms with Crippen LogP contribution in [-0.2, 0) is 11.2 Å². The fraction of sp³-hybridized carbons (Fsp3) is 0.238. The number of amides is 1. The van der Waals surface area contributed by atoms with E-state index in [1.54, 1.807) is 30.8 Å². The largest absolute Gasteiger partial charge is 0.469 e. The molecule has 0 bridgehead atoms. The number of furan rings is 1. The fourth-order valence-electron chi connectivity index (χ4n) is 2.91. The molecule has 1 atom stereocenters. The van der Waals surface area contributed by atoms with Gasteiger partial charge in [-0.05, 0) is 60.4 Å². The summed E-state index contributed by atoms with van der Waals surface area (Å²) in [6.45, 7) is 0.526. The predicted octanol–water partition coefficient (Wildman–Crippen LogP) is 4.08. The Labute approximate surface area is 152 Å². The number of hydrogen-bond acceptors (Lipinski definition) is 3. The summed E-state index contributed by atoms with van der Waals surface area (Å²) in [4.78, 5) is 16.0. The Bertz CT molecular complexity index is 802. The van der Waals surface area contributed by atoms with E-state index in [9.17, 15) is 9.18 Å². The second kappa shape index (κ2) is 8.94. The molecule has 1 N–H and O–H groups in total. The molecule has 0 radical (unpaired) electrons. The molecule has 2 heterocycles. The molecule has 0 saturated carbocycles. The van der Waals surface area contributed by atoms with Crippen molar-refractivity contribution < 1.29 is 13.6 Å². The van der Waals surface area contributed by atoms with Crippen molar-refractivity contribution in [2.75, 3.05) is 6.54 Å². The first-order chi connectivity index (χ1) is 12.7. The summed E-state index contributed by atoms with van der Waals surface area (Å²) in [7, 11) is 0. The van der Waals surface area contributed by atoms with E-state index in [4.69, 9.17) is 4.42 Å². The van der Waals surface area contributed by atoms with Crippen LogP contribution in [0.15, 0.2) is 71.6 Å². The third-order valence-electron chi connectivity index (χ3n) is 4.30. The van der Waals surface area contributed by atoms with E-state index in [0.717, 1.165) is 16.9 Å². The maximum atomic E-state index is 13.2. The molecule has 26 heavy (non-hydrogen) atoms. The minimum Gasteiger partial charge on any atom is -0.469 e. The highest BCUT2D eigenvalue weighted by atomic mass is 19.1. The molecule has 5 heteroatoms. The van der Waals surface area contributed by atoms with Gasteiger partial charge in [-0.3, -0.25) is 9.78 Å². The van der Waals surface area contributed by atoms with Crippen LogP contribution in [0.25, 0.3) is 0 Å². The van der Waals surface area contributed by atoms with Crippen LogP contribution in [0.5, 0.6) is 0 Å². The van der Waals surface area contributed by atoms with Crippen LogP contribution in [0.4, 0.5) is 4.39 Å². The molecule has 134 valence electrons. The lowest BCUT2D eigenvalue weighted by molar-refractivity contribution is -0.121. The van der Waals surface area contributed by atoms with E-state index in [2.05, 4.69) is 10.3 Å². The first-order valence-electron chi connectivity index (χ1n) is 8.67. The Balaban J connectivity index is 1.53. The minimum absolute atomic E-state index is 0.0131. The number of pyridine rings is 1. The quantitative estimate of drug-likeness (QED) is 0.664. The highest BCUT2D eigenvalue weighted by Crippen LogP contribution is 2.28. The lowest BCUT2D eigenvalue weighted by Gasteiger charge is -2.16. The molecule has 3 aromatic rings. The van der Waals surface area contributed by atoms with Crippen molar-refractivity contribution in [3.63, 3.8) is 0 Å². The van der Waals surface area contributed by atoms with Crippen LogP contribution in [-0.4, -0.2) is 17.4 Å². The van der Waals surface area contributed by atoms with Gasteiger partial charge in [0.25, 0.3) is 0 Å². The molecule has 0 saturated heterocycles. The molecule has 3 rings (SSSR count). The van der Waals surface area contributed by atoms with Crippen molar-refractivity contribution in [2.24, 2.45) is 0 Å². The molecule has 1 aromatic carbocycles. The summed E-state index contributed by atoms with van der Waals surface area (Å²) < 4.78 is 18.7. The van der Waals surface area contributed by atoms with Gasteiger partial charge in [-0.25, -0.2) is 4.39 Å². The highest BCUT2D eigenvalue weighted by Gasteiger charge is 2.17. The predicted molar refractivity (Wildman–Crippen MR) is 97.1 cm³/mol. The van der Waals surface area contributed by atoms with Crippen molar-refractivity contribution in [3.05, 3.63) is 89.9 Å². The average molecular weight is 352 g/mol. The second-order valence-electron chi connectivity index (χ2n) is 6.11. The molecule has 4 nitrogen and oxygen atoms in total. The Kier molecular flexibility index (Phi) is 6.14. The van der Waals surface area contributed by atoms with Gasteiger partial charge in [-0.2, -0.15) is 0 Å². The van der Waals surface area contributed by atoms with Crippen molar-refractivity contribution in [1.82, 2.24) is 10.3 Å². The Morgan fingerprint density at radius 1 is 1.12 bits per heavy atom. The smallest absolute Gasteiger partial charge is 0.220 e. The van der Waals surface area contributed by atoms with E-state index >= 15 is 0 Å². The van der Waals surface area contributed by atoms with Gasteiger partial charge < -0.3 is 9.73 Å². The molecular weight excluding hydrogens is 331 g/mol. The van der Waals surface area contributed by atoms with Gasteiger partial charge in [-0.1, -0.05) is 12.1 Å². The normalized spacial score (nSPS) is 11.9. The number of aromatic nitrogens is 1. The third-order valence-corrected chi connectivity index (χ3v) is 4.30. The van der Waals surface area contributed by atoms with Crippen molar-refractivity contribution in [2.45, 2.75) is 25.2 Å². The van der Waals surface area contributed by atoms with E-state index < -0.39 is 0 Å². The Hall–Kier alpha value is -2.95. The Morgan fingerprint density at radius 3 is 2.58 bits per heavy atom. The molecule has 1 amide bonds. The summed E-state index contributed by atoms with van der Waals surface area (Å²) >= 11 is 0. The first-order valence-corrected chi connectivity index (χ1v) is 8.67. The molecule has 0 spiro atoms. The molecule has 2 aromatic heterocycles. The van der Waals surface area contributed by atoms with Crippen LogP contribution < -0.4 is 5.32 Å². The number of nitrogens with zero attached hydrogens (tertiary/aromatic N) is 1. The van der Waals surface area contributed by atoms with E-state index in [1.807, 2.05) is 24.3 Å². The van der Waals surface area contributed by atoms with Gasteiger partial charge in [0, 0.05) is 31.3 Å². The molecular formula is C21H21FN2O2. The zero-order valence-corrected chi connectivity index (χ0v) is 14.4. The number of rotatable bonds is 8. The number of nitrogens with one attached hydrogen (secondary N) is 1. The average Bonchev–Trinajstić information content (AvgIpc) is 3.20. The lowest BCUT2D eigenvalue weighted by atomic mass is 9.93. The lowest BCUT2D eigenvalue weighted by Crippen LogP contribution is -2.26. The minimum atomic E-state index is -0.267. The van der Waals surface area contributed by atoms with Gasteiger partial charge in [-0.15, -0.1) is 0 Å². The van der Waals surface area contributed by atoms with Gasteiger partial charge in [0.15, 0.2) is 0 Å². The fourth-order valence-corrected chi connectivity index (χ4v) is 2.91. The topological polar surface area (TPSA) is 55.1 Å². The van der Waals surface area contributed by atoms with E-state index in [-0.39, 0.29) is 17.6 Å². The number of carbonyl (C=O) groups is 1. The maximum absolute atomic E-state index is 13.2. The van der Waals surface area contributed by atoms with E-state index in [1.165, 1.54) is 12.1 Å². The summed E-state index contributed by atoms with van der Waals surface area (Å²) in [5.41, 5.74) is 2.06. The van der Waals surface area contributed by atoms with Crippen molar-refractivity contribution >= 4 is 5.91 Å². The Morgan fingerprint density at radius 2 is 1.88 bits per heavy atom. The molecule has 0 aliphatic heterocycles. The third kappa shape index (κ3) is 5.02. The van der Waals surface area contributed by atoms with Gasteiger partial charge in [0.05, 0.1) is 6.26 Å². The van der Waals surface area contributed by atoms with E-state index in [0.29, 0.717) is 25.8 Å². The van der Waals surface area contributed by atoms with Crippen LogP contribution in [0.3, 0.4) is 0 Å². The van der Waals surface area contributed by atoms with Crippen LogP contribution >= 0.6 is 0 Å². The zero-order valence-electron chi connectivity index (χ0n) is 14.4. The van der Waals surface area contributed by atoms with Gasteiger partial charge in [0.2, 0.25) is 5.91 Å². The zero-order chi connectivity index (χ0) is 18.2. The SMILES string of the molecule is O=C(CCc1ccncc1)NCC[C@@H](c1ccc(F)cc1)c1ccco1. The van der Waals surface area contributed by atoms with Gasteiger partial charge in [0.1, 0.15) is 11.6 Å². The summed E-state index contributed by atoms with van der Waals surface area (Å²) in [5, 5.41) is 2.96. The van der Waals surface area contributed by atoms with Crippen molar-refractivity contribution in [3.8, 4) is 0 Å². The second-order valence-corrected chi connectivity index (χ2v) is 6.11. The molecule has 0 fully saturated rings. The summed E-state index contributed by atoms with van der Waals surface area (Å²) in [5.74, 6) is 0.532. The molecule has 0 aliphatic carbocycles. The summed E-state index contributed by atoms with van der Waals surface area (Å²) in [6, 6.07) is 14.0. The molecule has 0 aliphatic rings. The monoisotopic (exact) mass is 352 g/mol. The van der Waals surface area contributed by atoms with Gasteiger partial charge >= 0.3 is 0 Å². The standard InChI is InChI=1S/C21H21FN2O2/c22-18-6-4-17(5-7-18)19(20-2-1-15-26-20)11-14-24-21(25)8-3-16-9-12-23-13-10-16/h1-2,4-7,9-10,12-13,15,19H,3,8,11,14H2,(H,24,25)/t19-/m0/s1. The van der Waals surface area contributed by atoms with Crippen LogP contribution in [0.1, 0.15) is 35.6 Å². The number of aryl methyl sites for hydroxylation is 1. The molecule has 0 unspecified atom stereocenters. The number of halogens is 1. The summed E-state index contributed by atoms with van der Waals surface area (Å²) in [6.07, 6.45) is 6.88. The van der Waals surface area contributed by atoms with Crippen LogP contribution in [0, 0.1) is 5.82 Å². The highest BCUT2D eigenvalue weighted by molar-refractivity contribution is 5.76. The van der Waals surface area contributed by atoms with Crippen LogP contribution in [0.2, 0.25) is 0 Å². The first kappa shape index (κ1) is 17.9. The number of carbonyl (C=O) groups excluding carboxylic acids is 1. The number of hydrogen-bond donors (Lipinski definition) is 1. The maximum Gasteiger partial charge on any atom is 0.220 e. The number of benzene rings is 1. The van der Waals surface area contributed by atoms with Crippen molar-refractivity contribution in [1.29, 1.82) is 0 Å².